The minimum absolute atomic E-state index is 0.451. The maximum atomic E-state index is 5.35. The minimum atomic E-state index is 0.451. The van der Waals surface area contributed by atoms with Gasteiger partial charge >= 0.3 is 0 Å². The van der Waals surface area contributed by atoms with Crippen molar-refractivity contribution in [2.75, 3.05) is 17.7 Å². The second kappa shape index (κ2) is 7.55. The fraction of sp³-hybridized carbons (Fsp3) is 0.0526. The lowest BCUT2D eigenvalue weighted by Crippen LogP contribution is -2.05. The lowest BCUT2D eigenvalue weighted by molar-refractivity contribution is 0.571. The van der Waals surface area contributed by atoms with E-state index in [1.807, 2.05) is 48.5 Å². The fourth-order valence-corrected chi connectivity index (χ4v) is 3.10. The molecule has 4 rings (SSSR count). The second-order valence-electron chi connectivity index (χ2n) is 5.61. The van der Waals surface area contributed by atoms with Crippen molar-refractivity contribution < 1.29 is 4.42 Å². The predicted molar refractivity (Wildman–Crippen MR) is 108 cm³/mol. The molecule has 134 valence electrons. The van der Waals surface area contributed by atoms with Gasteiger partial charge in [-0.3, -0.25) is 0 Å². The third-order valence-corrected chi connectivity index (χ3v) is 4.47. The number of nitrogens with one attached hydrogen (secondary N) is 2. The van der Waals surface area contributed by atoms with Crippen LogP contribution in [0.2, 0.25) is 0 Å². The third-order valence-electron chi connectivity index (χ3n) is 3.81. The summed E-state index contributed by atoms with van der Waals surface area (Å²) < 4.78 is 6.22. The van der Waals surface area contributed by atoms with Crippen molar-refractivity contribution in [2.45, 2.75) is 0 Å². The Morgan fingerprint density at radius 1 is 0.963 bits per heavy atom. The van der Waals surface area contributed by atoms with Gasteiger partial charge in [0, 0.05) is 28.3 Å². The lowest BCUT2D eigenvalue weighted by atomic mass is 10.1. The van der Waals surface area contributed by atoms with Crippen LogP contribution < -0.4 is 10.6 Å². The second-order valence-corrected chi connectivity index (χ2v) is 6.46. The van der Waals surface area contributed by atoms with E-state index in [0.717, 1.165) is 21.3 Å². The molecular weight excluding hydrogens is 408 g/mol. The average Bonchev–Trinajstić information content (AvgIpc) is 3.23. The molecular formula is C19H15BrN6O. The Balaban J connectivity index is 1.65. The van der Waals surface area contributed by atoms with Crippen molar-refractivity contribution in [3.8, 4) is 22.7 Å². The van der Waals surface area contributed by atoms with Crippen molar-refractivity contribution >= 4 is 33.5 Å². The molecule has 0 unspecified atom stereocenters. The first kappa shape index (κ1) is 17.2. The minimum Gasteiger partial charge on any atom is -0.443 e. The van der Waals surface area contributed by atoms with Gasteiger partial charge in [-0.2, -0.15) is 15.0 Å². The number of aromatic nitrogens is 4. The summed E-state index contributed by atoms with van der Waals surface area (Å²) in [5.74, 6) is 2.23. The zero-order valence-electron chi connectivity index (χ0n) is 14.3. The molecule has 0 saturated heterocycles. The van der Waals surface area contributed by atoms with Crippen molar-refractivity contribution in [3.05, 3.63) is 65.6 Å². The topological polar surface area (TPSA) is 88.8 Å². The first-order valence-electron chi connectivity index (χ1n) is 8.17. The van der Waals surface area contributed by atoms with Crippen molar-refractivity contribution in [2.24, 2.45) is 0 Å². The summed E-state index contributed by atoms with van der Waals surface area (Å²) in [6, 6.07) is 15.6. The van der Waals surface area contributed by atoms with Crippen molar-refractivity contribution in [1.82, 2.24) is 19.9 Å². The van der Waals surface area contributed by atoms with Gasteiger partial charge in [0.05, 0.1) is 6.20 Å². The molecule has 2 N–H and O–H groups in total. The highest BCUT2D eigenvalue weighted by atomic mass is 79.9. The summed E-state index contributed by atoms with van der Waals surface area (Å²) in [5, 5.41) is 6.20. The summed E-state index contributed by atoms with van der Waals surface area (Å²) in [5.41, 5.74) is 2.66. The van der Waals surface area contributed by atoms with Gasteiger partial charge in [-0.25, -0.2) is 4.98 Å². The molecule has 0 fully saturated rings. The number of benzene rings is 2. The maximum Gasteiger partial charge on any atom is 0.232 e. The molecule has 7 nitrogen and oxygen atoms in total. The van der Waals surface area contributed by atoms with Gasteiger partial charge in [0.1, 0.15) is 0 Å². The number of hydrogen-bond acceptors (Lipinski definition) is 7. The fourth-order valence-electron chi connectivity index (χ4n) is 2.53. The van der Waals surface area contributed by atoms with E-state index in [9.17, 15) is 0 Å². The predicted octanol–water partition coefficient (Wildman–Crippen LogP) is 4.74. The summed E-state index contributed by atoms with van der Waals surface area (Å²) in [4.78, 5) is 17.3. The first-order chi connectivity index (χ1) is 13.2. The molecule has 0 radical (unpaired) electrons. The van der Waals surface area contributed by atoms with Crippen LogP contribution in [-0.2, 0) is 0 Å². The monoisotopic (exact) mass is 422 g/mol. The highest BCUT2D eigenvalue weighted by Crippen LogP contribution is 2.31. The van der Waals surface area contributed by atoms with Gasteiger partial charge in [-0.15, -0.1) is 0 Å². The summed E-state index contributed by atoms with van der Waals surface area (Å²) in [6.07, 6.45) is 3.08. The van der Waals surface area contributed by atoms with Crippen LogP contribution in [0, 0.1) is 0 Å². The average molecular weight is 423 g/mol. The van der Waals surface area contributed by atoms with E-state index in [-0.39, 0.29) is 0 Å². The molecule has 2 aromatic carbocycles. The van der Waals surface area contributed by atoms with Gasteiger partial charge in [-0.05, 0) is 34.1 Å². The largest absolute Gasteiger partial charge is 0.443 e. The van der Waals surface area contributed by atoms with Gasteiger partial charge in [0.2, 0.25) is 11.9 Å². The SMILES string of the molecule is CNc1nc(Nc2ccc(-c3cnco3)c(Br)c2)nc(-c2ccccc2)n1. The summed E-state index contributed by atoms with van der Waals surface area (Å²) in [6.45, 7) is 0. The molecule has 2 aromatic heterocycles. The molecule has 0 amide bonds. The number of halogens is 1. The molecule has 27 heavy (non-hydrogen) atoms. The Morgan fingerprint density at radius 3 is 2.48 bits per heavy atom. The van der Waals surface area contributed by atoms with Crippen LogP contribution in [0.5, 0.6) is 0 Å². The normalized spacial score (nSPS) is 10.6. The number of anilines is 3. The molecule has 0 aliphatic heterocycles. The Hall–Kier alpha value is -3.26. The van der Waals surface area contributed by atoms with Crippen molar-refractivity contribution in [3.63, 3.8) is 0 Å². The van der Waals surface area contributed by atoms with E-state index < -0.39 is 0 Å². The number of hydrogen-bond donors (Lipinski definition) is 2. The van der Waals surface area contributed by atoms with E-state index in [0.29, 0.717) is 23.5 Å². The highest BCUT2D eigenvalue weighted by molar-refractivity contribution is 9.10. The van der Waals surface area contributed by atoms with Gasteiger partial charge in [0.25, 0.3) is 0 Å². The Labute approximate surface area is 164 Å². The molecule has 0 aliphatic carbocycles. The quantitative estimate of drug-likeness (QED) is 0.479. The van der Waals surface area contributed by atoms with Crippen molar-refractivity contribution in [1.29, 1.82) is 0 Å². The molecule has 0 atom stereocenters. The number of nitrogens with zero attached hydrogens (tertiary/aromatic N) is 4. The van der Waals surface area contributed by atoms with Crippen LogP contribution in [0.15, 0.2) is 70.0 Å². The standard InChI is InChI=1S/C19H15BrN6O/c1-21-18-24-17(12-5-3-2-4-6-12)25-19(26-18)23-13-7-8-14(15(20)9-13)16-10-22-11-27-16/h2-11H,1H3,(H2,21,23,24,25,26). The van der Waals surface area contributed by atoms with Gasteiger partial charge in [0.15, 0.2) is 18.0 Å². The van der Waals surface area contributed by atoms with Crippen LogP contribution in [0.3, 0.4) is 0 Å². The molecule has 8 heteroatoms. The Kier molecular flexibility index (Phi) is 4.80. The Bertz CT molecular complexity index is 1050. The zero-order chi connectivity index (χ0) is 18.6. The summed E-state index contributed by atoms with van der Waals surface area (Å²) >= 11 is 3.57. The molecule has 2 heterocycles. The van der Waals surface area contributed by atoms with Crippen LogP contribution in [-0.4, -0.2) is 27.0 Å². The van der Waals surface area contributed by atoms with Gasteiger partial charge in [-0.1, -0.05) is 30.3 Å². The number of oxazole rings is 1. The van der Waals surface area contributed by atoms with E-state index in [4.69, 9.17) is 4.42 Å². The van der Waals surface area contributed by atoms with Crippen LogP contribution in [0.1, 0.15) is 0 Å². The third kappa shape index (κ3) is 3.80. The highest BCUT2D eigenvalue weighted by Gasteiger charge is 2.10. The lowest BCUT2D eigenvalue weighted by Gasteiger charge is -2.10. The smallest absolute Gasteiger partial charge is 0.232 e. The van der Waals surface area contributed by atoms with E-state index in [2.05, 4.69) is 46.5 Å². The van der Waals surface area contributed by atoms with E-state index in [1.165, 1.54) is 6.39 Å². The molecule has 0 bridgehead atoms. The first-order valence-corrected chi connectivity index (χ1v) is 8.97. The van der Waals surface area contributed by atoms with Crippen LogP contribution >= 0.6 is 15.9 Å². The Morgan fingerprint density at radius 2 is 1.78 bits per heavy atom. The molecule has 0 saturated carbocycles. The van der Waals surface area contributed by atoms with Crippen LogP contribution in [0.4, 0.5) is 17.6 Å². The molecule has 0 spiro atoms. The maximum absolute atomic E-state index is 5.35. The molecule has 4 aromatic rings. The van der Waals surface area contributed by atoms with Crippen LogP contribution in [0.25, 0.3) is 22.7 Å². The van der Waals surface area contributed by atoms with E-state index in [1.54, 1.807) is 13.2 Å². The van der Waals surface area contributed by atoms with Gasteiger partial charge < -0.3 is 15.1 Å². The number of rotatable bonds is 5. The zero-order valence-corrected chi connectivity index (χ0v) is 15.9. The van der Waals surface area contributed by atoms with E-state index >= 15 is 0 Å². The summed E-state index contributed by atoms with van der Waals surface area (Å²) in [7, 11) is 1.77. The molecule has 0 aliphatic rings.